The second kappa shape index (κ2) is 9.91. The Labute approximate surface area is 158 Å². The van der Waals surface area contributed by atoms with Crippen molar-refractivity contribution in [1.82, 2.24) is 10.8 Å². The molecule has 138 valence electrons. The van der Waals surface area contributed by atoms with Crippen LogP contribution in [-0.4, -0.2) is 30.6 Å². The first-order chi connectivity index (χ1) is 12.2. The van der Waals surface area contributed by atoms with E-state index in [9.17, 15) is 9.59 Å². The monoisotopic (exact) mass is 376 g/mol. The lowest BCUT2D eigenvalue weighted by atomic mass is 10.2. The molecule has 7 heteroatoms. The van der Waals surface area contributed by atoms with E-state index in [0.717, 1.165) is 5.56 Å². The lowest BCUT2D eigenvalue weighted by molar-refractivity contribution is -0.147. The summed E-state index contributed by atoms with van der Waals surface area (Å²) in [6.45, 7) is 0.717. The Balaban J connectivity index is 0.00000243. The first-order valence-corrected chi connectivity index (χ1v) is 8.17. The van der Waals surface area contributed by atoms with Crippen molar-refractivity contribution in [3.8, 4) is 0 Å². The largest absolute Gasteiger partial charge is 0.460 e. The van der Waals surface area contributed by atoms with Gasteiger partial charge in [0.25, 0.3) is 5.91 Å². The van der Waals surface area contributed by atoms with E-state index in [4.69, 9.17) is 9.57 Å². The number of halogens is 1. The first-order valence-electron chi connectivity index (χ1n) is 8.17. The maximum Gasteiger partial charge on any atom is 0.323 e. The summed E-state index contributed by atoms with van der Waals surface area (Å²) in [6, 6.07) is 17.9. The van der Waals surface area contributed by atoms with Gasteiger partial charge in [0.2, 0.25) is 0 Å². The second-order valence-corrected chi connectivity index (χ2v) is 5.83. The first kappa shape index (κ1) is 19.9. The van der Waals surface area contributed by atoms with Crippen LogP contribution >= 0.6 is 12.4 Å². The second-order valence-electron chi connectivity index (χ2n) is 5.83. The molecule has 0 unspecified atom stereocenters. The van der Waals surface area contributed by atoms with Crippen molar-refractivity contribution >= 4 is 24.3 Å². The molecule has 1 fully saturated rings. The smallest absolute Gasteiger partial charge is 0.323 e. The van der Waals surface area contributed by atoms with Crippen LogP contribution in [0.3, 0.4) is 0 Å². The van der Waals surface area contributed by atoms with Gasteiger partial charge >= 0.3 is 5.97 Å². The summed E-state index contributed by atoms with van der Waals surface area (Å²) in [7, 11) is 0. The van der Waals surface area contributed by atoms with E-state index in [1.807, 2.05) is 36.4 Å². The molecular formula is C19H21ClN2O4. The van der Waals surface area contributed by atoms with Gasteiger partial charge < -0.3 is 10.1 Å². The molecule has 2 aromatic rings. The number of benzene rings is 2. The molecule has 0 saturated carbocycles. The number of nitrogens with one attached hydrogen (secondary N) is 2. The lowest BCUT2D eigenvalue weighted by Crippen LogP contribution is -2.32. The number of hydrogen-bond donors (Lipinski definition) is 2. The van der Waals surface area contributed by atoms with Crippen LogP contribution < -0.4 is 10.8 Å². The molecule has 6 nitrogen and oxygen atoms in total. The topological polar surface area (TPSA) is 76.7 Å². The zero-order chi connectivity index (χ0) is 17.5. The van der Waals surface area contributed by atoms with Crippen molar-refractivity contribution in [2.24, 2.45) is 0 Å². The van der Waals surface area contributed by atoms with E-state index in [0.29, 0.717) is 18.5 Å². The average Bonchev–Trinajstić information content (AvgIpc) is 3.15. The molecular weight excluding hydrogens is 356 g/mol. The number of hydroxylamine groups is 1. The van der Waals surface area contributed by atoms with E-state index in [2.05, 4.69) is 10.8 Å². The maximum absolute atomic E-state index is 12.1. The van der Waals surface area contributed by atoms with Crippen molar-refractivity contribution in [1.29, 1.82) is 0 Å². The molecule has 3 rings (SSSR count). The molecule has 2 atom stereocenters. The van der Waals surface area contributed by atoms with Crippen LogP contribution in [0.4, 0.5) is 0 Å². The predicted molar refractivity (Wildman–Crippen MR) is 98.7 cm³/mol. The standard InChI is InChI=1S/C19H20N2O4.ClH/c22-18(15-9-5-2-6-10-15)21-25-16-11-17(20-12-16)19(23)24-13-14-7-3-1-4-8-14;/h1-10,16-17,20H,11-13H2,(H,21,22);1H/t16-,17+;/m0./s1. The highest BCUT2D eigenvalue weighted by atomic mass is 35.5. The predicted octanol–water partition coefficient (Wildman–Crippen LogP) is 2.24. The van der Waals surface area contributed by atoms with Gasteiger partial charge in [0.05, 0.1) is 6.10 Å². The number of carbonyl (C=O) groups is 2. The van der Waals surface area contributed by atoms with Crippen molar-refractivity contribution in [2.45, 2.75) is 25.2 Å². The Hall–Kier alpha value is -2.41. The highest BCUT2D eigenvalue weighted by Gasteiger charge is 2.31. The fourth-order valence-corrected chi connectivity index (χ4v) is 2.59. The third-order valence-corrected chi connectivity index (χ3v) is 3.95. The fraction of sp³-hybridized carbons (Fsp3) is 0.263. The number of hydrogen-bond acceptors (Lipinski definition) is 5. The van der Waals surface area contributed by atoms with Crippen molar-refractivity contribution in [2.75, 3.05) is 6.54 Å². The Morgan fingerprint density at radius 2 is 1.69 bits per heavy atom. The molecule has 1 aliphatic rings. The summed E-state index contributed by atoms with van der Waals surface area (Å²) < 4.78 is 5.31. The van der Waals surface area contributed by atoms with Gasteiger partial charge in [-0.2, -0.15) is 0 Å². The fourth-order valence-electron chi connectivity index (χ4n) is 2.59. The van der Waals surface area contributed by atoms with Gasteiger partial charge in [0.1, 0.15) is 12.6 Å². The number of ether oxygens (including phenoxy) is 1. The van der Waals surface area contributed by atoms with Crippen LogP contribution in [-0.2, 0) is 21.0 Å². The minimum atomic E-state index is -0.428. The molecule has 2 aromatic carbocycles. The molecule has 1 aliphatic heterocycles. The molecule has 1 saturated heterocycles. The van der Waals surface area contributed by atoms with Crippen molar-refractivity contribution in [3.05, 3.63) is 71.8 Å². The summed E-state index contributed by atoms with van der Waals surface area (Å²) in [5, 5.41) is 3.06. The van der Waals surface area contributed by atoms with E-state index >= 15 is 0 Å². The Kier molecular flexibility index (Phi) is 7.59. The van der Waals surface area contributed by atoms with Crippen LogP contribution in [0.15, 0.2) is 60.7 Å². The normalized spacial score (nSPS) is 18.6. The van der Waals surface area contributed by atoms with E-state index < -0.39 is 6.04 Å². The SMILES string of the molecule is Cl.O=C(NO[C@@H]1CN[C@@H](C(=O)OCc2ccccc2)C1)c1ccccc1. The Morgan fingerprint density at radius 1 is 1.04 bits per heavy atom. The van der Waals surface area contributed by atoms with E-state index in [1.54, 1.807) is 24.3 Å². The minimum Gasteiger partial charge on any atom is -0.460 e. The Morgan fingerprint density at radius 3 is 2.38 bits per heavy atom. The van der Waals surface area contributed by atoms with Gasteiger partial charge in [0.15, 0.2) is 0 Å². The van der Waals surface area contributed by atoms with Crippen molar-refractivity contribution in [3.63, 3.8) is 0 Å². The van der Waals surface area contributed by atoms with Gasteiger partial charge in [-0.15, -0.1) is 12.4 Å². The summed E-state index contributed by atoms with van der Waals surface area (Å²) in [6.07, 6.45) is 0.171. The zero-order valence-electron chi connectivity index (χ0n) is 14.1. The molecule has 2 N–H and O–H groups in total. The van der Waals surface area contributed by atoms with Crippen LogP contribution in [0.25, 0.3) is 0 Å². The van der Waals surface area contributed by atoms with Gasteiger partial charge in [-0.05, 0) is 17.7 Å². The molecule has 0 radical (unpaired) electrons. The summed E-state index contributed by atoms with van der Waals surface area (Å²) in [5.41, 5.74) is 3.89. The summed E-state index contributed by atoms with van der Waals surface area (Å²) in [4.78, 5) is 29.4. The maximum atomic E-state index is 12.1. The molecule has 0 aromatic heterocycles. The molecule has 1 amide bonds. The molecule has 0 aliphatic carbocycles. The van der Waals surface area contributed by atoms with Crippen LogP contribution in [0, 0.1) is 0 Å². The van der Waals surface area contributed by atoms with Gasteiger partial charge in [-0.3, -0.25) is 14.4 Å². The summed E-state index contributed by atoms with van der Waals surface area (Å²) >= 11 is 0. The minimum absolute atomic E-state index is 0. The van der Waals surface area contributed by atoms with Gasteiger partial charge in [-0.1, -0.05) is 48.5 Å². The third-order valence-electron chi connectivity index (χ3n) is 3.95. The quantitative estimate of drug-likeness (QED) is 0.597. The van der Waals surface area contributed by atoms with Gasteiger partial charge in [-0.25, -0.2) is 5.48 Å². The van der Waals surface area contributed by atoms with Gasteiger partial charge in [0, 0.05) is 18.5 Å². The van der Waals surface area contributed by atoms with E-state index in [1.165, 1.54) is 0 Å². The molecule has 0 spiro atoms. The number of rotatable bonds is 6. The Bertz CT molecular complexity index is 712. The van der Waals surface area contributed by atoms with E-state index in [-0.39, 0.29) is 37.0 Å². The van der Waals surface area contributed by atoms with Crippen molar-refractivity contribution < 1.29 is 19.2 Å². The average molecular weight is 377 g/mol. The summed E-state index contributed by atoms with van der Waals surface area (Å²) in [5.74, 6) is -0.625. The van der Waals surface area contributed by atoms with Crippen LogP contribution in [0.5, 0.6) is 0 Å². The molecule has 1 heterocycles. The highest BCUT2D eigenvalue weighted by molar-refractivity contribution is 5.93. The van der Waals surface area contributed by atoms with Crippen LogP contribution in [0.2, 0.25) is 0 Å². The van der Waals surface area contributed by atoms with Crippen LogP contribution in [0.1, 0.15) is 22.3 Å². The highest BCUT2D eigenvalue weighted by Crippen LogP contribution is 2.12. The zero-order valence-corrected chi connectivity index (χ0v) is 14.9. The molecule has 26 heavy (non-hydrogen) atoms. The number of esters is 1. The number of amides is 1. The lowest BCUT2D eigenvalue weighted by Gasteiger charge is -2.12. The third kappa shape index (κ3) is 5.56. The molecule has 0 bridgehead atoms. The number of carbonyl (C=O) groups excluding carboxylic acids is 2.